The summed E-state index contributed by atoms with van der Waals surface area (Å²) in [5.41, 5.74) is 0.788. The van der Waals surface area contributed by atoms with Crippen molar-refractivity contribution >= 4 is 22.8 Å². The first-order valence-electron chi connectivity index (χ1n) is 5.21. The molecule has 18 heavy (non-hydrogen) atoms. The average molecular weight is 243 g/mol. The van der Waals surface area contributed by atoms with E-state index in [2.05, 4.69) is 30.8 Å². The van der Waals surface area contributed by atoms with Gasteiger partial charge in [0.15, 0.2) is 11.3 Å². The minimum atomic E-state index is -0.350. The van der Waals surface area contributed by atoms with Gasteiger partial charge < -0.3 is 5.32 Å². The SMILES string of the molecule is Cn1cc(C(=O)Nc2[nH]nc3ncccc23)nn1. The van der Waals surface area contributed by atoms with Crippen LogP contribution in [-0.4, -0.2) is 36.1 Å². The van der Waals surface area contributed by atoms with Crippen LogP contribution < -0.4 is 5.32 Å². The Morgan fingerprint density at radius 3 is 3.17 bits per heavy atom. The number of H-pyrrole nitrogens is 1. The lowest BCUT2D eigenvalue weighted by molar-refractivity contribution is 0.102. The van der Waals surface area contributed by atoms with Gasteiger partial charge >= 0.3 is 0 Å². The second-order valence-corrected chi connectivity index (χ2v) is 3.70. The molecule has 3 aromatic heterocycles. The zero-order chi connectivity index (χ0) is 12.5. The normalized spacial score (nSPS) is 10.7. The summed E-state index contributed by atoms with van der Waals surface area (Å²) >= 11 is 0. The summed E-state index contributed by atoms with van der Waals surface area (Å²) in [4.78, 5) is 15.9. The molecule has 0 unspecified atom stereocenters. The molecule has 0 aliphatic carbocycles. The third-order valence-corrected chi connectivity index (χ3v) is 2.40. The van der Waals surface area contributed by atoms with Gasteiger partial charge in [0.25, 0.3) is 5.91 Å². The molecule has 0 saturated carbocycles. The molecule has 0 bridgehead atoms. The maximum atomic E-state index is 11.9. The molecule has 2 N–H and O–H groups in total. The average Bonchev–Trinajstić information content (AvgIpc) is 2.97. The Morgan fingerprint density at radius 2 is 2.39 bits per heavy atom. The van der Waals surface area contributed by atoms with E-state index in [1.807, 2.05) is 6.07 Å². The van der Waals surface area contributed by atoms with Gasteiger partial charge in [-0.05, 0) is 12.1 Å². The lowest BCUT2D eigenvalue weighted by Crippen LogP contribution is -2.12. The maximum Gasteiger partial charge on any atom is 0.278 e. The van der Waals surface area contributed by atoms with Gasteiger partial charge in [0.2, 0.25) is 0 Å². The molecule has 0 atom stereocenters. The van der Waals surface area contributed by atoms with E-state index in [0.29, 0.717) is 11.5 Å². The number of aryl methyl sites for hydroxylation is 1. The van der Waals surface area contributed by atoms with Crippen LogP contribution in [-0.2, 0) is 7.05 Å². The van der Waals surface area contributed by atoms with Crippen LogP contribution in [0.15, 0.2) is 24.5 Å². The molecule has 3 heterocycles. The molecule has 0 spiro atoms. The summed E-state index contributed by atoms with van der Waals surface area (Å²) in [6.07, 6.45) is 3.17. The molecule has 8 nitrogen and oxygen atoms in total. The van der Waals surface area contributed by atoms with E-state index in [4.69, 9.17) is 0 Å². The summed E-state index contributed by atoms with van der Waals surface area (Å²) in [6.45, 7) is 0. The Hall–Kier alpha value is -2.77. The van der Waals surface area contributed by atoms with E-state index in [-0.39, 0.29) is 11.6 Å². The van der Waals surface area contributed by atoms with Crippen molar-refractivity contribution in [3.63, 3.8) is 0 Å². The predicted octanol–water partition coefficient (Wildman–Crippen LogP) is 0.339. The Bertz CT molecular complexity index is 714. The Morgan fingerprint density at radius 1 is 1.50 bits per heavy atom. The summed E-state index contributed by atoms with van der Waals surface area (Å²) in [5, 5.41) is 17.6. The minimum absolute atomic E-state index is 0.240. The topological polar surface area (TPSA) is 101 Å². The zero-order valence-corrected chi connectivity index (χ0v) is 9.45. The van der Waals surface area contributed by atoms with Crippen molar-refractivity contribution in [2.75, 3.05) is 5.32 Å². The molecule has 3 aromatic rings. The number of anilines is 1. The minimum Gasteiger partial charge on any atom is -0.305 e. The summed E-state index contributed by atoms with van der Waals surface area (Å²) in [5.74, 6) is 0.145. The van der Waals surface area contributed by atoms with Crippen LogP contribution in [0.5, 0.6) is 0 Å². The lowest BCUT2D eigenvalue weighted by atomic mass is 10.3. The number of hydrogen-bond acceptors (Lipinski definition) is 5. The van der Waals surface area contributed by atoms with Crippen molar-refractivity contribution in [1.82, 2.24) is 30.2 Å². The van der Waals surface area contributed by atoms with Crippen LogP contribution in [0.3, 0.4) is 0 Å². The smallest absolute Gasteiger partial charge is 0.278 e. The van der Waals surface area contributed by atoms with Gasteiger partial charge in [0.1, 0.15) is 5.82 Å². The van der Waals surface area contributed by atoms with Crippen LogP contribution in [0.2, 0.25) is 0 Å². The zero-order valence-electron chi connectivity index (χ0n) is 9.45. The van der Waals surface area contributed by atoms with Gasteiger partial charge in [-0.1, -0.05) is 5.21 Å². The fourth-order valence-corrected chi connectivity index (χ4v) is 1.57. The highest BCUT2D eigenvalue weighted by Crippen LogP contribution is 2.17. The van der Waals surface area contributed by atoms with Gasteiger partial charge in [-0.15, -0.1) is 5.10 Å². The van der Waals surface area contributed by atoms with Crippen LogP contribution in [0.1, 0.15) is 10.5 Å². The molecule has 0 saturated heterocycles. The van der Waals surface area contributed by atoms with Crippen molar-refractivity contribution in [3.8, 4) is 0 Å². The number of nitrogens with one attached hydrogen (secondary N) is 2. The largest absolute Gasteiger partial charge is 0.305 e. The number of nitrogens with zero attached hydrogens (tertiary/aromatic N) is 5. The number of fused-ring (bicyclic) bond motifs is 1. The van der Waals surface area contributed by atoms with Gasteiger partial charge in [0, 0.05) is 13.2 Å². The van der Waals surface area contributed by atoms with Crippen LogP contribution >= 0.6 is 0 Å². The Labute approximate surface area is 101 Å². The van der Waals surface area contributed by atoms with Crippen molar-refractivity contribution < 1.29 is 4.79 Å². The highest BCUT2D eigenvalue weighted by molar-refractivity contribution is 6.06. The van der Waals surface area contributed by atoms with Crippen molar-refractivity contribution in [3.05, 3.63) is 30.2 Å². The van der Waals surface area contributed by atoms with Crippen LogP contribution in [0.25, 0.3) is 11.0 Å². The number of amides is 1. The summed E-state index contributed by atoms with van der Waals surface area (Å²) in [7, 11) is 1.69. The second-order valence-electron chi connectivity index (χ2n) is 3.70. The van der Waals surface area contributed by atoms with Crippen molar-refractivity contribution in [2.24, 2.45) is 7.05 Å². The highest BCUT2D eigenvalue weighted by Gasteiger charge is 2.13. The number of aromatic amines is 1. The number of carbonyl (C=O) groups is 1. The molecule has 0 aliphatic rings. The quantitative estimate of drug-likeness (QED) is 0.675. The number of aromatic nitrogens is 6. The maximum absolute atomic E-state index is 11.9. The third-order valence-electron chi connectivity index (χ3n) is 2.40. The standard InChI is InChI=1S/C10H9N7O/c1-17-5-7(13-16-17)10(18)12-9-6-3-2-4-11-8(6)14-15-9/h2-5H,1H3,(H2,11,12,14,15,18). The molecule has 0 aromatic carbocycles. The first kappa shape index (κ1) is 10.4. The first-order valence-corrected chi connectivity index (χ1v) is 5.21. The highest BCUT2D eigenvalue weighted by atomic mass is 16.2. The molecule has 1 amide bonds. The fraction of sp³-hybridized carbons (Fsp3) is 0.100. The van der Waals surface area contributed by atoms with Gasteiger partial charge in [-0.25, -0.2) is 4.98 Å². The lowest BCUT2D eigenvalue weighted by Gasteiger charge is -1.98. The Kier molecular flexibility index (Phi) is 2.26. The number of hydrogen-bond donors (Lipinski definition) is 2. The van der Waals surface area contributed by atoms with E-state index in [0.717, 1.165) is 5.39 Å². The number of carbonyl (C=O) groups excluding carboxylic acids is 1. The van der Waals surface area contributed by atoms with Crippen molar-refractivity contribution in [1.29, 1.82) is 0 Å². The van der Waals surface area contributed by atoms with Crippen LogP contribution in [0, 0.1) is 0 Å². The first-order chi connectivity index (χ1) is 8.74. The molecule has 0 radical (unpaired) electrons. The van der Waals surface area contributed by atoms with Gasteiger partial charge in [-0.3, -0.25) is 14.6 Å². The molecule has 90 valence electrons. The van der Waals surface area contributed by atoms with E-state index in [1.165, 1.54) is 10.9 Å². The second kappa shape index (κ2) is 3.91. The number of pyridine rings is 1. The van der Waals surface area contributed by atoms with Crippen molar-refractivity contribution in [2.45, 2.75) is 0 Å². The predicted molar refractivity (Wildman–Crippen MR) is 62.8 cm³/mol. The monoisotopic (exact) mass is 243 g/mol. The Balaban J connectivity index is 1.90. The number of rotatable bonds is 2. The van der Waals surface area contributed by atoms with Gasteiger partial charge in [0.05, 0.1) is 11.6 Å². The molecule has 0 aliphatic heterocycles. The molecular formula is C10H9N7O. The summed E-state index contributed by atoms with van der Waals surface area (Å²) in [6, 6.07) is 3.59. The fourth-order valence-electron chi connectivity index (χ4n) is 1.57. The molecular weight excluding hydrogens is 234 g/mol. The van der Waals surface area contributed by atoms with E-state index < -0.39 is 0 Å². The molecule has 8 heteroatoms. The van der Waals surface area contributed by atoms with E-state index >= 15 is 0 Å². The van der Waals surface area contributed by atoms with Crippen LogP contribution in [0.4, 0.5) is 5.82 Å². The summed E-state index contributed by atoms with van der Waals surface area (Å²) < 4.78 is 1.46. The molecule has 0 fully saturated rings. The van der Waals surface area contributed by atoms with Gasteiger partial charge in [-0.2, -0.15) is 5.10 Å². The van der Waals surface area contributed by atoms with E-state index in [1.54, 1.807) is 19.3 Å². The molecule has 3 rings (SSSR count). The van der Waals surface area contributed by atoms with E-state index in [9.17, 15) is 4.79 Å². The third kappa shape index (κ3) is 1.69.